The van der Waals surface area contributed by atoms with Crippen molar-refractivity contribution in [2.24, 2.45) is 4.99 Å². The molecule has 2 N–H and O–H groups in total. The van der Waals surface area contributed by atoms with Crippen LogP contribution in [-0.2, 0) is 10.8 Å². The molecule has 0 saturated heterocycles. The number of likely N-dealkylation sites (N-methyl/N-ethyl adjacent to an activating group) is 1. The Kier molecular flexibility index (Phi) is 12.1. The summed E-state index contributed by atoms with van der Waals surface area (Å²) in [4.78, 5) is 8.42. The average Bonchev–Trinajstić information content (AvgIpc) is 3.15. The standard InChI is InChI=1S/C19H34N4OS2.HI/c1-5-20-19(21-14-17(23(3)4)18-11-8-12-25-18)22-15-9-7-10-16(13-15)26(24)6-2;/h8,11-12,15-17H,5-7,9-10,13-14H2,1-4H3,(H2,20,21,22);1H. The third kappa shape index (κ3) is 7.98. The van der Waals surface area contributed by atoms with Crippen molar-refractivity contribution < 1.29 is 4.21 Å². The lowest BCUT2D eigenvalue weighted by molar-refractivity contribution is 0.310. The summed E-state index contributed by atoms with van der Waals surface area (Å²) in [6, 6.07) is 4.93. The first kappa shape index (κ1) is 24.8. The van der Waals surface area contributed by atoms with Gasteiger partial charge in [-0.15, -0.1) is 35.3 Å². The van der Waals surface area contributed by atoms with Crippen molar-refractivity contribution in [3.05, 3.63) is 22.4 Å². The molecule has 0 spiro atoms. The number of guanidine groups is 1. The minimum atomic E-state index is -0.696. The summed E-state index contributed by atoms with van der Waals surface area (Å²) < 4.78 is 12.2. The van der Waals surface area contributed by atoms with E-state index < -0.39 is 10.8 Å². The van der Waals surface area contributed by atoms with E-state index in [2.05, 4.69) is 54.1 Å². The predicted molar refractivity (Wildman–Crippen MR) is 130 cm³/mol. The normalized spacial score (nSPS) is 22.8. The second kappa shape index (κ2) is 13.1. The number of halogens is 1. The summed E-state index contributed by atoms with van der Waals surface area (Å²) in [6.45, 7) is 5.68. The molecule has 0 bridgehead atoms. The molecule has 2 rings (SSSR count). The molecular formula is C19H35IN4OS2. The van der Waals surface area contributed by atoms with Crippen LogP contribution in [0.15, 0.2) is 22.5 Å². The fourth-order valence-electron chi connectivity index (χ4n) is 3.43. The molecular weight excluding hydrogens is 491 g/mol. The number of nitrogens with zero attached hydrogens (tertiary/aromatic N) is 2. The van der Waals surface area contributed by atoms with Gasteiger partial charge in [0.25, 0.3) is 0 Å². The average molecular weight is 527 g/mol. The third-order valence-corrected chi connectivity index (χ3v) is 7.60. The molecule has 1 aromatic rings. The van der Waals surface area contributed by atoms with Gasteiger partial charge in [0, 0.05) is 39.3 Å². The van der Waals surface area contributed by atoms with Gasteiger partial charge in [0.2, 0.25) is 0 Å². The Balaban J connectivity index is 0.00000364. The quantitative estimate of drug-likeness (QED) is 0.309. The van der Waals surface area contributed by atoms with Crippen LogP contribution in [0.2, 0.25) is 0 Å². The smallest absolute Gasteiger partial charge is 0.191 e. The van der Waals surface area contributed by atoms with Crippen LogP contribution in [0, 0.1) is 0 Å². The highest BCUT2D eigenvalue weighted by Crippen LogP contribution is 2.24. The summed E-state index contributed by atoms with van der Waals surface area (Å²) in [7, 11) is 3.51. The van der Waals surface area contributed by atoms with E-state index in [-0.39, 0.29) is 30.0 Å². The van der Waals surface area contributed by atoms with E-state index >= 15 is 0 Å². The van der Waals surface area contributed by atoms with Crippen molar-refractivity contribution in [3.8, 4) is 0 Å². The van der Waals surface area contributed by atoms with Crippen LogP contribution in [0.5, 0.6) is 0 Å². The molecule has 1 saturated carbocycles. The third-order valence-electron chi connectivity index (χ3n) is 4.88. The van der Waals surface area contributed by atoms with Gasteiger partial charge in [0.1, 0.15) is 0 Å². The van der Waals surface area contributed by atoms with Crippen LogP contribution in [0.25, 0.3) is 0 Å². The maximum Gasteiger partial charge on any atom is 0.191 e. The number of thiophene rings is 1. The lowest BCUT2D eigenvalue weighted by Crippen LogP contribution is -2.47. The molecule has 4 unspecified atom stereocenters. The van der Waals surface area contributed by atoms with E-state index in [4.69, 9.17) is 4.99 Å². The van der Waals surface area contributed by atoms with Crippen molar-refractivity contribution in [1.82, 2.24) is 15.5 Å². The van der Waals surface area contributed by atoms with Gasteiger partial charge in [-0.2, -0.15) is 0 Å². The molecule has 1 aromatic heterocycles. The Bertz CT molecular complexity index is 580. The highest BCUT2D eigenvalue weighted by atomic mass is 127. The molecule has 1 heterocycles. The van der Waals surface area contributed by atoms with E-state index in [1.807, 2.05) is 6.92 Å². The zero-order valence-corrected chi connectivity index (χ0v) is 20.9. The first-order valence-corrected chi connectivity index (χ1v) is 11.9. The molecule has 1 aliphatic rings. The second-order valence-corrected chi connectivity index (χ2v) is 10.00. The summed E-state index contributed by atoms with van der Waals surface area (Å²) >= 11 is 1.78. The SMILES string of the molecule is CCNC(=NCC(c1cccs1)N(C)C)NC1CCCC(S(=O)CC)C1.I. The summed E-state index contributed by atoms with van der Waals surface area (Å²) in [5, 5.41) is 9.42. The predicted octanol–water partition coefficient (Wildman–Crippen LogP) is 3.60. The van der Waals surface area contributed by atoms with Crippen LogP contribution in [0.4, 0.5) is 0 Å². The summed E-state index contributed by atoms with van der Waals surface area (Å²) in [5.74, 6) is 1.64. The molecule has 1 fully saturated rings. The molecule has 27 heavy (non-hydrogen) atoms. The van der Waals surface area contributed by atoms with E-state index in [0.717, 1.165) is 50.5 Å². The van der Waals surface area contributed by atoms with Crippen molar-refractivity contribution in [1.29, 1.82) is 0 Å². The largest absolute Gasteiger partial charge is 0.357 e. The fraction of sp³-hybridized carbons (Fsp3) is 0.737. The van der Waals surface area contributed by atoms with Crippen molar-refractivity contribution in [3.63, 3.8) is 0 Å². The minimum Gasteiger partial charge on any atom is -0.357 e. The Morgan fingerprint density at radius 3 is 2.78 bits per heavy atom. The Hall–Kier alpha value is -0.190. The lowest BCUT2D eigenvalue weighted by Gasteiger charge is -2.30. The first-order chi connectivity index (χ1) is 12.5. The molecule has 1 aliphatic carbocycles. The molecule has 156 valence electrons. The number of rotatable bonds is 8. The molecule has 0 amide bonds. The van der Waals surface area contributed by atoms with Gasteiger partial charge in [-0.3, -0.25) is 9.20 Å². The number of nitrogens with one attached hydrogen (secondary N) is 2. The van der Waals surface area contributed by atoms with Gasteiger partial charge in [-0.05, 0) is 51.7 Å². The molecule has 0 aliphatic heterocycles. The zero-order valence-electron chi connectivity index (χ0n) is 16.9. The fourth-order valence-corrected chi connectivity index (χ4v) is 5.69. The first-order valence-electron chi connectivity index (χ1n) is 9.67. The Morgan fingerprint density at radius 1 is 1.41 bits per heavy atom. The maximum atomic E-state index is 12.2. The van der Waals surface area contributed by atoms with Gasteiger partial charge in [0.05, 0.1) is 12.6 Å². The molecule has 5 nitrogen and oxygen atoms in total. The van der Waals surface area contributed by atoms with Crippen LogP contribution in [0.3, 0.4) is 0 Å². The van der Waals surface area contributed by atoms with Crippen LogP contribution in [-0.4, -0.2) is 59.3 Å². The zero-order chi connectivity index (χ0) is 18.9. The maximum absolute atomic E-state index is 12.2. The van der Waals surface area contributed by atoms with Gasteiger partial charge >= 0.3 is 0 Å². The topological polar surface area (TPSA) is 56.7 Å². The Labute approximate surface area is 188 Å². The van der Waals surface area contributed by atoms with Gasteiger partial charge in [-0.25, -0.2) is 0 Å². The highest BCUT2D eigenvalue weighted by molar-refractivity contribution is 14.0. The number of hydrogen-bond acceptors (Lipinski definition) is 4. The van der Waals surface area contributed by atoms with E-state index in [9.17, 15) is 4.21 Å². The Morgan fingerprint density at radius 2 is 2.19 bits per heavy atom. The van der Waals surface area contributed by atoms with Crippen molar-refractivity contribution in [2.45, 2.75) is 56.9 Å². The van der Waals surface area contributed by atoms with Gasteiger partial charge in [-0.1, -0.05) is 19.4 Å². The second-order valence-electron chi connectivity index (χ2n) is 7.01. The number of aliphatic imine (C=N–C) groups is 1. The van der Waals surface area contributed by atoms with Crippen LogP contribution < -0.4 is 10.6 Å². The molecule has 0 radical (unpaired) electrons. The highest BCUT2D eigenvalue weighted by Gasteiger charge is 2.26. The monoisotopic (exact) mass is 526 g/mol. The van der Waals surface area contributed by atoms with Crippen LogP contribution in [0.1, 0.15) is 50.4 Å². The van der Waals surface area contributed by atoms with E-state index in [1.165, 1.54) is 4.88 Å². The summed E-state index contributed by atoms with van der Waals surface area (Å²) in [5.41, 5.74) is 0. The van der Waals surface area contributed by atoms with Gasteiger partial charge in [0.15, 0.2) is 5.96 Å². The van der Waals surface area contributed by atoms with E-state index in [1.54, 1.807) is 11.3 Å². The lowest BCUT2D eigenvalue weighted by atomic mass is 9.95. The minimum absolute atomic E-state index is 0. The van der Waals surface area contributed by atoms with Gasteiger partial charge < -0.3 is 15.5 Å². The van der Waals surface area contributed by atoms with Crippen molar-refractivity contribution in [2.75, 3.05) is 32.9 Å². The molecule has 0 aromatic carbocycles. The van der Waals surface area contributed by atoms with Crippen molar-refractivity contribution >= 4 is 52.1 Å². The number of hydrogen-bond donors (Lipinski definition) is 2. The van der Waals surface area contributed by atoms with Crippen LogP contribution >= 0.6 is 35.3 Å². The molecule has 4 atom stereocenters. The summed E-state index contributed by atoms with van der Waals surface area (Å²) in [6.07, 6.45) is 4.34. The molecule has 8 heteroatoms. The van der Waals surface area contributed by atoms with E-state index in [0.29, 0.717) is 11.3 Å².